The molecule has 1 aliphatic rings. The van der Waals surface area contributed by atoms with E-state index in [1.165, 1.54) is 4.88 Å². The average molecular weight is 325 g/mol. The lowest BCUT2D eigenvalue weighted by Gasteiger charge is -2.18. The fourth-order valence-corrected chi connectivity index (χ4v) is 4.80. The predicted molar refractivity (Wildman–Crippen MR) is 82.8 cm³/mol. The first-order valence-electron chi connectivity index (χ1n) is 7.07. The molecule has 3 rings (SSSR count). The van der Waals surface area contributed by atoms with E-state index in [0.29, 0.717) is 13.1 Å². The summed E-state index contributed by atoms with van der Waals surface area (Å²) in [7, 11) is -3.51. The summed E-state index contributed by atoms with van der Waals surface area (Å²) in [5.74, 6) is 0. The van der Waals surface area contributed by atoms with Gasteiger partial charge in [0, 0.05) is 30.2 Å². The fourth-order valence-electron chi connectivity index (χ4n) is 2.48. The van der Waals surface area contributed by atoms with Crippen LogP contribution in [0.2, 0.25) is 0 Å². The number of imidazole rings is 1. The normalized spacial score (nSPS) is 16.9. The average Bonchev–Trinajstić information content (AvgIpc) is 3.04. The van der Waals surface area contributed by atoms with Crippen molar-refractivity contribution in [1.82, 2.24) is 13.9 Å². The van der Waals surface area contributed by atoms with Crippen LogP contribution in [0.25, 0.3) is 0 Å². The summed E-state index contributed by atoms with van der Waals surface area (Å²) in [6.07, 6.45) is 5.03. The summed E-state index contributed by atoms with van der Waals surface area (Å²) in [6.45, 7) is 5.01. The number of aromatic nitrogens is 2. The van der Waals surface area contributed by atoms with E-state index in [2.05, 4.69) is 4.98 Å². The van der Waals surface area contributed by atoms with Gasteiger partial charge in [-0.2, -0.15) is 4.31 Å². The Morgan fingerprint density at radius 2 is 2.19 bits per heavy atom. The molecule has 5 nitrogen and oxygen atoms in total. The van der Waals surface area contributed by atoms with E-state index < -0.39 is 10.0 Å². The third-order valence-electron chi connectivity index (χ3n) is 3.77. The van der Waals surface area contributed by atoms with Gasteiger partial charge >= 0.3 is 0 Å². The molecule has 3 heterocycles. The molecule has 0 bridgehead atoms. The van der Waals surface area contributed by atoms with E-state index in [9.17, 15) is 8.42 Å². The standard InChI is InChI=1S/C14H19N3O2S2/c1-11(2)16-9-14(15-10-16)21(18,19)17-6-3-4-13-12(8-17)5-7-20-13/h5,7,9-11H,3-4,6,8H2,1-2H3. The number of fused-ring (bicyclic) bond motifs is 1. The molecule has 0 spiro atoms. The van der Waals surface area contributed by atoms with Crippen LogP contribution < -0.4 is 0 Å². The van der Waals surface area contributed by atoms with Crippen molar-refractivity contribution in [3.63, 3.8) is 0 Å². The summed E-state index contributed by atoms with van der Waals surface area (Å²) in [5.41, 5.74) is 1.13. The molecular weight excluding hydrogens is 306 g/mol. The van der Waals surface area contributed by atoms with Crippen LogP contribution in [0, 0.1) is 0 Å². The summed E-state index contributed by atoms with van der Waals surface area (Å²) in [5, 5.41) is 2.18. The first kappa shape index (κ1) is 14.7. The second-order valence-electron chi connectivity index (χ2n) is 5.56. The zero-order valence-electron chi connectivity index (χ0n) is 12.2. The molecule has 0 aromatic carbocycles. The van der Waals surface area contributed by atoms with E-state index >= 15 is 0 Å². The SMILES string of the molecule is CC(C)n1cnc(S(=O)(=O)N2CCCc3sccc3C2)c1. The Bertz CT molecular complexity index is 731. The van der Waals surface area contributed by atoms with E-state index in [-0.39, 0.29) is 11.1 Å². The van der Waals surface area contributed by atoms with Crippen LogP contribution in [-0.2, 0) is 23.0 Å². The third kappa shape index (κ3) is 2.77. The number of thiophene rings is 1. The van der Waals surface area contributed by atoms with Gasteiger partial charge in [0.25, 0.3) is 10.0 Å². The molecule has 0 radical (unpaired) electrons. The molecule has 0 atom stereocenters. The highest BCUT2D eigenvalue weighted by molar-refractivity contribution is 7.89. The molecular formula is C14H19N3O2S2. The minimum atomic E-state index is -3.51. The molecule has 0 saturated heterocycles. The van der Waals surface area contributed by atoms with Crippen LogP contribution in [0.5, 0.6) is 0 Å². The monoisotopic (exact) mass is 325 g/mol. The quantitative estimate of drug-likeness (QED) is 0.872. The van der Waals surface area contributed by atoms with Gasteiger partial charge in [0.05, 0.1) is 6.33 Å². The molecule has 0 amide bonds. The largest absolute Gasteiger partial charge is 0.334 e. The molecule has 2 aromatic heterocycles. The van der Waals surface area contributed by atoms with Crippen LogP contribution >= 0.6 is 11.3 Å². The van der Waals surface area contributed by atoms with Gasteiger partial charge in [-0.25, -0.2) is 13.4 Å². The maximum absolute atomic E-state index is 12.8. The number of hydrogen-bond donors (Lipinski definition) is 0. The predicted octanol–water partition coefficient (Wildman–Crippen LogP) is 2.66. The van der Waals surface area contributed by atoms with Gasteiger partial charge in [0.1, 0.15) is 0 Å². The van der Waals surface area contributed by atoms with Gasteiger partial charge < -0.3 is 4.57 Å². The molecule has 1 aliphatic heterocycles. The molecule has 0 saturated carbocycles. The number of sulfonamides is 1. The lowest BCUT2D eigenvalue weighted by Crippen LogP contribution is -2.31. The van der Waals surface area contributed by atoms with Gasteiger partial charge in [-0.15, -0.1) is 11.3 Å². The fraction of sp³-hybridized carbons (Fsp3) is 0.500. The van der Waals surface area contributed by atoms with Gasteiger partial charge in [0.2, 0.25) is 0 Å². The maximum Gasteiger partial charge on any atom is 0.262 e. The van der Waals surface area contributed by atoms with Gasteiger partial charge in [-0.05, 0) is 43.7 Å². The van der Waals surface area contributed by atoms with Gasteiger partial charge in [-0.1, -0.05) is 0 Å². The highest BCUT2D eigenvalue weighted by Gasteiger charge is 2.29. The van der Waals surface area contributed by atoms with Crippen LogP contribution in [0.1, 0.15) is 36.8 Å². The first-order valence-corrected chi connectivity index (χ1v) is 9.39. The van der Waals surface area contributed by atoms with Crippen molar-refractivity contribution in [2.24, 2.45) is 0 Å². The Kier molecular flexibility index (Phi) is 3.90. The van der Waals surface area contributed by atoms with Crippen molar-refractivity contribution < 1.29 is 8.42 Å². The second kappa shape index (κ2) is 5.55. The summed E-state index contributed by atoms with van der Waals surface area (Å²) in [6, 6.07) is 2.23. The summed E-state index contributed by atoms with van der Waals surface area (Å²) in [4.78, 5) is 5.40. The third-order valence-corrected chi connectivity index (χ3v) is 6.53. The Hall–Kier alpha value is -1.18. The number of aryl methyl sites for hydroxylation is 1. The van der Waals surface area contributed by atoms with Crippen LogP contribution in [-0.4, -0.2) is 28.8 Å². The summed E-state index contributed by atoms with van der Waals surface area (Å²) >= 11 is 1.71. The highest BCUT2D eigenvalue weighted by Crippen LogP contribution is 2.27. The van der Waals surface area contributed by atoms with E-state index in [1.807, 2.05) is 29.9 Å². The molecule has 21 heavy (non-hydrogen) atoms. The molecule has 7 heteroatoms. The van der Waals surface area contributed by atoms with Crippen LogP contribution in [0.4, 0.5) is 0 Å². The lowest BCUT2D eigenvalue weighted by atomic mass is 10.2. The van der Waals surface area contributed by atoms with Crippen molar-refractivity contribution >= 4 is 21.4 Å². The zero-order chi connectivity index (χ0) is 15.0. The van der Waals surface area contributed by atoms with Crippen molar-refractivity contribution in [3.8, 4) is 0 Å². The Morgan fingerprint density at radius 3 is 2.90 bits per heavy atom. The van der Waals surface area contributed by atoms with Crippen molar-refractivity contribution in [2.75, 3.05) is 6.54 Å². The lowest BCUT2D eigenvalue weighted by molar-refractivity contribution is 0.408. The van der Waals surface area contributed by atoms with E-state index in [1.54, 1.807) is 28.2 Å². The Morgan fingerprint density at radius 1 is 1.38 bits per heavy atom. The van der Waals surface area contributed by atoms with E-state index in [0.717, 1.165) is 18.4 Å². The number of nitrogens with zero attached hydrogens (tertiary/aromatic N) is 3. The molecule has 0 unspecified atom stereocenters. The molecule has 114 valence electrons. The topological polar surface area (TPSA) is 55.2 Å². The summed E-state index contributed by atoms with van der Waals surface area (Å²) < 4.78 is 28.9. The highest BCUT2D eigenvalue weighted by atomic mass is 32.2. The smallest absolute Gasteiger partial charge is 0.262 e. The minimum Gasteiger partial charge on any atom is -0.334 e. The second-order valence-corrected chi connectivity index (χ2v) is 8.45. The van der Waals surface area contributed by atoms with Gasteiger partial charge in [0.15, 0.2) is 5.03 Å². The molecule has 0 fully saturated rings. The Balaban J connectivity index is 1.90. The number of rotatable bonds is 3. The molecule has 0 aliphatic carbocycles. The minimum absolute atomic E-state index is 0.148. The van der Waals surface area contributed by atoms with Crippen molar-refractivity contribution in [1.29, 1.82) is 0 Å². The molecule has 2 aromatic rings. The maximum atomic E-state index is 12.8. The van der Waals surface area contributed by atoms with Gasteiger partial charge in [-0.3, -0.25) is 0 Å². The molecule has 0 N–H and O–H groups in total. The van der Waals surface area contributed by atoms with Crippen LogP contribution in [0.3, 0.4) is 0 Å². The number of hydrogen-bond acceptors (Lipinski definition) is 4. The van der Waals surface area contributed by atoms with Crippen molar-refractivity contribution in [2.45, 2.75) is 44.3 Å². The Labute approximate surface area is 129 Å². The van der Waals surface area contributed by atoms with Crippen molar-refractivity contribution in [3.05, 3.63) is 34.4 Å². The zero-order valence-corrected chi connectivity index (χ0v) is 13.8. The first-order chi connectivity index (χ1) is 9.98. The van der Waals surface area contributed by atoms with Crippen LogP contribution in [0.15, 0.2) is 29.0 Å². The van der Waals surface area contributed by atoms with E-state index in [4.69, 9.17) is 0 Å².